The van der Waals surface area contributed by atoms with Crippen LogP contribution in [0.5, 0.6) is 0 Å². The topological polar surface area (TPSA) is 3.24 Å². The first kappa shape index (κ1) is 34.8. The Balaban J connectivity index is 1.18. The van der Waals surface area contributed by atoms with Gasteiger partial charge >= 0.3 is 0 Å². The summed E-state index contributed by atoms with van der Waals surface area (Å²) in [4.78, 5) is 2.68. The van der Waals surface area contributed by atoms with Crippen LogP contribution in [0, 0.1) is 11.8 Å². The van der Waals surface area contributed by atoms with E-state index < -0.39 is 0 Å². The molecule has 4 aliphatic carbocycles. The third kappa shape index (κ3) is 5.80. The predicted molar refractivity (Wildman–Crippen MR) is 241 cm³/mol. The highest BCUT2D eigenvalue weighted by Gasteiger charge is 2.42. The first-order valence-electron chi connectivity index (χ1n) is 21.9. The SMILES string of the molecule is CC1(C)c2cccc(-c3ccccc3)c2-c2ccc(N(c3ccc(C4CC5CCC4C5)cc3)c3cc4ccccc4cc3C3CCCCC3)c(-c3ccccc3)c21. The molecular formula is C56H53N. The van der Waals surface area contributed by atoms with Gasteiger partial charge in [-0.15, -0.1) is 0 Å². The quantitative estimate of drug-likeness (QED) is 0.157. The Morgan fingerprint density at radius 2 is 1.23 bits per heavy atom. The lowest BCUT2D eigenvalue weighted by Gasteiger charge is -2.35. The van der Waals surface area contributed by atoms with Gasteiger partial charge in [-0.05, 0) is 147 Å². The summed E-state index contributed by atoms with van der Waals surface area (Å²) >= 11 is 0. The lowest BCUT2D eigenvalue weighted by atomic mass is 9.77. The maximum Gasteiger partial charge on any atom is 0.0543 e. The van der Waals surface area contributed by atoms with Crippen LogP contribution in [0.3, 0.4) is 0 Å². The van der Waals surface area contributed by atoms with Gasteiger partial charge in [-0.1, -0.05) is 161 Å². The van der Waals surface area contributed by atoms with E-state index in [4.69, 9.17) is 0 Å². The molecule has 0 spiro atoms. The average Bonchev–Trinajstić information content (AvgIpc) is 3.97. The largest absolute Gasteiger partial charge is 0.310 e. The third-order valence-corrected chi connectivity index (χ3v) is 14.7. The Bertz CT molecular complexity index is 2590. The minimum absolute atomic E-state index is 0.219. The van der Waals surface area contributed by atoms with Gasteiger partial charge < -0.3 is 4.90 Å². The lowest BCUT2D eigenvalue weighted by Crippen LogP contribution is -2.20. The summed E-state index contributed by atoms with van der Waals surface area (Å²) in [6.45, 7) is 4.92. The van der Waals surface area contributed by atoms with E-state index in [9.17, 15) is 0 Å². The first-order valence-corrected chi connectivity index (χ1v) is 21.9. The third-order valence-electron chi connectivity index (χ3n) is 14.7. The highest BCUT2D eigenvalue weighted by atomic mass is 15.1. The van der Waals surface area contributed by atoms with Gasteiger partial charge in [0.05, 0.1) is 11.4 Å². The molecule has 3 atom stereocenters. The smallest absolute Gasteiger partial charge is 0.0543 e. The zero-order chi connectivity index (χ0) is 38.1. The number of nitrogens with zero attached hydrogens (tertiary/aromatic N) is 1. The molecule has 0 heterocycles. The van der Waals surface area contributed by atoms with Crippen LogP contribution in [0.4, 0.5) is 17.1 Å². The Kier molecular flexibility index (Phi) is 8.50. The van der Waals surface area contributed by atoms with Crippen LogP contribution in [-0.4, -0.2) is 0 Å². The van der Waals surface area contributed by atoms with Crippen LogP contribution >= 0.6 is 0 Å². The van der Waals surface area contributed by atoms with Gasteiger partial charge in [-0.3, -0.25) is 0 Å². The van der Waals surface area contributed by atoms with E-state index >= 15 is 0 Å². The standard InChI is InChI=1S/C56H53N/c1-56(2)50-24-14-23-46(38-15-6-3-7-16-38)54(50)47-31-32-51(53(55(47)56)41-19-10-5-11-20-41)57(45-29-27-40(28-30-45)48-34-37-25-26-44(48)33-37)52-36-43-22-13-12-21-42(43)35-49(52)39-17-8-4-9-18-39/h3,5-7,10-16,19-24,27-32,35-37,39,44,48H,4,8-9,17-18,25-26,33-34H2,1-2H3. The van der Waals surface area contributed by atoms with E-state index in [2.05, 4.69) is 170 Å². The molecule has 0 aromatic heterocycles. The lowest BCUT2D eigenvalue weighted by molar-refractivity contribution is 0.420. The van der Waals surface area contributed by atoms with Crippen molar-refractivity contribution in [2.75, 3.05) is 4.90 Å². The molecule has 57 heavy (non-hydrogen) atoms. The molecule has 11 rings (SSSR count). The van der Waals surface area contributed by atoms with E-state index in [-0.39, 0.29) is 5.41 Å². The summed E-state index contributed by atoms with van der Waals surface area (Å²) in [7, 11) is 0. The van der Waals surface area contributed by atoms with Gasteiger partial charge in [0.15, 0.2) is 0 Å². The molecular weight excluding hydrogens is 687 g/mol. The molecule has 0 amide bonds. The molecule has 3 unspecified atom stereocenters. The molecule has 7 aromatic rings. The molecule has 0 N–H and O–H groups in total. The number of anilines is 3. The molecule has 4 aliphatic rings. The Labute approximate surface area is 339 Å². The second-order valence-electron chi connectivity index (χ2n) is 18.3. The number of benzene rings is 7. The zero-order valence-corrected chi connectivity index (χ0v) is 33.6. The highest BCUT2D eigenvalue weighted by molar-refractivity contribution is 6.02. The molecule has 282 valence electrons. The summed E-state index contributed by atoms with van der Waals surface area (Å²) < 4.78 is 0. The number of hydrogen-bond acceptors (Lipinski definition) is 1. The van der Waals surface area contributed by atoms with Crippen molar-refractivity contribution in [3.8, 4) is 33.4 Å². The minimum atomic E-state index is -0.219. The maximum absolute atomic E-state index is 2.68. The van der Waals surface area contributed by atoms with Gasteiger partial charge in [0.25, 0.3) is 0 Å². The fraction of sp³-hybridized carbons (Fsp3) is 0.286. The summed E-state index contributed by atoms with van der Waals surface area (Å²) in [5.74, 6) is 3.04. The van der Waals surface area contributed by atoms with Crippen LogP contribution in [0.1, 0.15) is 106 Å². The van der Waals surface area contributed by atoms with Crippen LogP contribution in [0.15, 0.2) is 152 Å². The Morgan fingerprint density at radius 3 is 1.93 bits per heavy atom. The normalized spacial score (nSPS) is 20.8. The average molecular weight is 740 g/mol. The van der Waals surface area contributed by atoms with Gasteiger partial charge in [0.1, 0.15) is 0 Å². The molecule has 0 saturated heterocycles. The molecule has 3 saturated carbocycles. The summed E-state index contributed by atoms with van der Waals surface area (Å²) in [5.41, 5.74) is 17.4. The number of fused-ring (bicyclic) bond motifs is 6. The van der Waals surface area contributed by atoms with E-state index in [0.717, 1.165) is 11.8 Å². The van der Waals surface area contributed by atoms with Crippen molar-refractivity contribution < 1.29 is 0 Å². The Morgan fingerprint density at radius 1 is 0.526 bits per heavy atom. The van der Waals surface area contributed by atoms with Gasteiger partial charge in [0.2, 0.25) is 0 Å². The molecule has 0 aliphatic heterocycles. The summed E-state index contributed by atoms with van der Waals surface area (Å²) in [6.07, 6.45) is 12.1. The first-order chi connectivity index (χ1) is 28.0. The molecule has 7 aromatic carbocycles. The van der Waals surface area contributed by atoms with Crippen molar-refractivity contribution in [1.82, 2.24) is 0 Å². The van der Waals surface area contributed by atoms with Gasteiger partial charge in [-0.25, -0.2) is 0 Å². The van der Waals surface area contributed by atoms with Crippen molar-refractivity contribution in [1.29, 1.82) is 0 Å². The fourth-order valence-corrected chi connectivity index (χ4v) is 12.0. The van der Waals surface area contributed by atoms with Crippen LogP contribution in [-0.2, 0) is 5.41 Å². The van der Waals surface area contributed by atoms with Crippen molar-refractivity contribution in [2.24, 2.45) is 11.8 Å². The number of hydrogen-bond donors (Lipinski definition) is 0. The van der Waals surface area contributed by atoms with E-state index in [1.165, 1.54) is 136 Å². The fourth-order valence-electron chi connectivity index (χ4n) is 12.0. The molecule has 2 bridgehead atoms. The minimum Gasteiger partial charge on any atom is -0.310 e. The molecule has 1 heteroatoms. The molecule has 0 radical (unpaired) electrons. The van der Waals surface area contributed by atoms with Crippen LogP contribution < -0.4 is 4.90 Å². The Hall–Kier alpha value is -5.40. The van der Waals surface area contributed by atoms with Crippen LogP contribution in [0.25, 0.3) is 44.2 Å². The van der Waals surface area contributed by atoms with E-state index in [1.807, 2.05) is 0 Å². The second-order valence-corrected chi connectivity index (χ2v) is 18.3. The second kappa shape index (κ2) is 13.9. The van der Waals surface area contributed by atoms with Crippen molar-refractivity contribution in [3.05, 3.63) is 174 Å². The zero-order valence-electron chi connectivity index (χ0n) is 33.6. The molecule has 1 nitrogen and oxygen atoms in total. The number of rotatable bonds is 7. The van der Waals surface area contributed by atoms with Crippen molar-refractivity contribution in [3.63, 3.8) is 0 Å². The van der Waals surface area contributed by atoms with E-state index in [1.54, 1.807) is 5.56 Å². The summed E-state index contributed by atoms with van der Waals surface area (Å²) in [5, 5.41) is 2.65. The predicted octanol–water partition coefficient (Wildman–Crippen LogP) is 15.9. The van der Waals surface area contributed by atoms with Crippen LogP contribution in [0.2, 0.25) is 0 Å². The highest BCUT2D eigenvalue weighted by Crippen LogP contribution is 2.59. The van der Waals surface area contributed by atoms with Crippen molar-refractivity contribution >= 4 is 27.8 Å². The van der Waals surface area contributed by atoms with Crippen molar-refractivity contribution in [2.45, 2.75) is 88.9 Å². The van der Waals surface area contributed by atoms with Gasteiger partial charge in [-0.2, -0.15) is 0 Å². The van der Waals surface area contributed by atoms with Gasteiger partial charge in [0, 0.05) is 16.7 Å². The summed E-state index contributed by atoms with van der Waals surface area (Å²) in [6, 6.07) is 58.2. The maximum atomic E-state index is 2.68. The van der Waals surface area contributed by atoms with E-state index in [0.29, 0.717) is 11.8 Å². The molecule has 3 fully saturated rings. The monoisotopic (exact) mass is 739 g/mol.